The van der Waals surface area contributed by atoms with Gasteiger partial charge in [0.1, 0.15) is 5.76 Å². The molecule has 2 aromatic heterocycles. The van der Waals surface area contributed by atoms with E-state index in [1.54, 1.807) is 17.9 Å². The summed E-state index contributed by atoms with van der Waals surface area (Å²) in [5, 5.41) is 11.7. The van der Waals surface area contributed by atoms with Crippen LogP contribution in [0.2, 0.25) is 0 Å². The highest BCUT2D eigenvalue weighted by atomic mass is 16.5. The minimum absolute atomic E-state index is 0.0680. The number of rotatable bonds is 2. The highest BCUT2D eigenvalue weighted by Gasteiger charge is 2.31. The Hall–Kier alpha value is -3.16. The van der Waals surface area contributed by atoms with Gasteiger partial charge in [-0.2, -0.15) is 5.10 Å². The summed E-state index contributed by atoms with van der Waals surface area (Å²) in [6.07, 6.45) is 2.74. The molecule has 25 heavy (non-hydrogen) atoms. The van der Waals surface area contributed by atoms with Gasteiger partial charge in [-0.15, -0.1) is 0 Å². The number of nitrogens with zero attached hydrogens (tertiary/aromatic N) is 4. The second-order valence-corrected chi connectivity index (χ2v) is 6.14. The lowest BCUT2D eigenvalue weighted by atomic mass is 10.2. The Morgan fingerprint density at radius 2 is 2.16 bits per heavy atom. The molecule has 1 aliphatic heterocycles. The van der Waals surface area contributed by atoms with Crippen LogP contribution in [-0.4, -0.2) is 44.7 Å². The number of aromatic nitrogens is 3. The molecule has 1 atom stereocenters. The number of fused-ring (bicyclic) bond motifs is 1. The van der Waals surface area contributed by atoms with E-state index in [4.69, 9.17) is 4.52 Å². The molecule has 8 heteroatoms. The third-order valence-electron chi connectivity index (χ3n) is 4.32. The fourth-order valence-corrected chi connectivity index (χ4v) is 3.05. The Bertz CT molecular complexity index is 912. The SMILES string of the molecule is Cc1cc(NC(=O)C(=O)N2CCC(n3cc4ccccc4n3)C2)no1. The van der Waals surface area contributed by atoms with Crippen molar-refractivity contribution < 1.29 is 14.1 Å². The maximum Gasteiger partial charge on any atom is 0.315 e. The minimum atomic E-state index is -0.709. The Balaban J connectivity index is 1.42. The summed E-state index contributed by atoms with van der Waals surface area (Å²) in [5.41, 5.74) is 0.923. The first kappa shape index (κ1) is 15.4. The first-order chi connectivity index (χ1) is 12.1. The van der Waals surface area contributed by atoms with Crippen LogP contribution in [0.3, 0.4) is 0 Å². The van der Waals surface area contributed by atoms with Crippen molar-refractivity contribution in [3.8, 4) is 0 Å². The van der Waals surface area contributed by atoms with E-state index in [2.05, 4.69) is 15.6 Å². The van der Waals surface area contributed by atoms with Crippen molar-refractivity contribution in [2.45, 2.75) is 19.4 Å². The topological polar surface area (TPSA) is 93.3 Å². The van der Waals surface area contributed by atoms with Crippen molar-refractivity contribution in [2.75, 3.05) is 18.4 Å². The molecule has 1 saturated heterocycles. The lowest BCUT2D eigenvalue weighted by Gasteiger charge is -2.15. The molecule has 0 radical (unpaired) electrons. The molecule has 0 aliphatic carbocycles. The van der Waals surface area contributed by atoms with Crippen molar-refractivity contribution in [1.29, 1.82) is 0 Å². The predicted molar refractivity (Wildman–Crippen MR) is 89.8 cm³/mol. The molecule has 4 rings (SSSR count). The summed E-state index contributed by atoms with van der Waals surface area (Å²) in [7, 11) is 0. The number of hydrogen-bond acceptors (Lipinski definition) is 5. The standard InChI is InChI=1S/C17H17N5O3/c1-11-8-15(20-25-11)18-16(23)17(24)21-7-6-13(10-21)22-9-12-4-2-3-5-14(12)19-22/h2-5,8-9,13H,6-7,10H2,1H3,(H,18,20,23). The average Bonchev–Trinajstić information content (AvgIpc) is 3.32. The Morgan fingerprint density at radius 1 is 1.32 bits per heavy atom. The van der Waals surface area contributed by atoms with E-state index >= 15 is 0 Å². The smallest absolute Gasteiger partial charge is 0.315 e. The van der Waals surface area contributed by atoms with E-state index < -0.39 is 11.8 Å². The summed E-state index contributed by atoms with van der Waals surface area (Å²) in [5.74, 6) is -0.473. The van der Waals surface area contributed by atoms with Gasteiger partial charge in [0.05, 0.1) is 11.6 Å². The van der Waals surface area contributed by atoms with E-state index in [-0.39, 0.29) is 11.9 Å². The number of likely N-dealkylation sites (tertiary alicyclic amines) is 1. The molecule has 0 spiro atoms. The zero-order chi connectivity index (χ0) is 17.4. The zero-order valence-electron chi connectivity index (χ0n) is 13.7. The summed E-state index contributed by atoms with van der Waals surface area (Å²) in [4.78, 5) is 26.0. The van der Waals surface area contributed by atoms with Gasteiger partial charge in [0.25, 0.3) is 0 Å². The van der Waals surface area contributed by atoms with Crippen LogP contribution in [0.5, 0.6) is 0 Å². The van der Waals surface area contributed by atoms with Crippen LogP contribution in [-0.2, 0) is 9.59 Å². The first-order valence-electron chi connectivity index (χ1n) is 8.07. The van der Waals surface area contributed by atoms with Gasteiger partial charge in [0, 0.05) is 30.7 Å². The van der Waals surface area contributed by atoms with Crippen molar-refractivity contribution in [2.24, 2.45) is 0 Å². The van der Waals surface area contributed by atoms with E-state index in [1.165, 1.54) is 0 Å². The molecular weight excluding hydrogens is 322 g/mol. The Kier molecular flexibility index (Phi) is 3.72. The molecule has 1 fully saturated rings. The van der Waals surface area contributed by atoms with Gasteiger partial charge in [-0.1, -0.05) is 23.4 Å². The molecule has 8 nitrogen and oxygen atoms in total. The monoisotopic (exact) mass is 339 g/mol. The third kappa shape index (κ3) is 2.98. The molecule has 3 heterocycles. The van der Waals surface area contributed by atoms with Crippen molar-refractivity contribution in [1.82, 2.24) is 19.8 Å². The highest BCUT2D eigenvalue weighted by molar-refractivity contribution is 6.39. The van der Waals surface area contributed by atoms with Gasteiger partial charge < -0.3 is 9.42 Å². The van der Waals surface area contributed by atoms with Gasteiger partial charge in [-0.25, -0.2) is 0 Å². The Morgan fingerprint density at radius 3 is 2.92 bits per heavy atom. The van der Waals surface area contributed by atoms with E-state index in [9.17, 15) is 9.59 Å². The normalized spacial score (nSPS) is 17.2. The van der Waals surface area contributed by atoms with Crippen LogP contribution in [0, 0.1) is 6.92 Å². The second kappa shape index (κ2) is 6.04. The molecule has 128 valence electrons. The number of benzene rings is 1. The molecule has 0 bridgehead atoms. The first-order valence-corrected chi connectivity index (χ1v) is 8.07. The van der Waals surface area contributed by atoms with Gasteiger partial charge in [-0.3, -0.25) is 19.6 Å². The van der Waals surface area contributed by atoms with E-state index in [0.717, 1.165) is 17.3 Å². The van der Waals surface area contributed by atoms with Crippen LogP contribution < -0.4 is 5.32 Å². The van der Waals surface area contributed by atoms with E-state index in [0.29, 0.717) is 18.8 Å². The molecule has 1 N–H and O–H groups in total. The zero-order valence-corrected chi connectivity index (χ0v) is 13.7. The summed E-state index contributed by atoms with van der Waals surface area (Å²) < 4.78 is 6.76. The lowest BCUT2D eigenvalue weighted by molar-refractivity contribution is -0.142. The van der Waals surface area contributed by atoms with Gasteiger partial charge >= 0.3 is 11.8 Å². The minimum Gasteiger partial charge on any atom is -0.360 e. The molecule has 1 unspecified atom stereocenters. The molecule has 1 aromatic carbocycles. The maximum absolute atomic E-state index is 12.3. The van der Waals surface area contributed by atoms with Crippen LogP contribution >= 0.6 is 0 Å². The summed E-state index contributed by atoms with van der Waals surface area (Å²) in [6, 6.07) is 9.50. The number of anilines is 1. The largest absolute Gasteiger partial charge is 0.360 e. The third-order valence-corrected chi connectivity index (χ3v) is 4.32. The highest BCUT2D eigenvalue weighted by Crippen LogP contribution is 2.23. The molecular formula is C17H17N5O3. The number of aryl methyl sites for hydroxylation is 1. The quantitative estimate of drug-likeness (QED) is 0.718. The van der Waals surface area contributed by atoms with Crippen molar-refractivity contribution in [3.63, 3.8) is 0 Å². The fraction of sp³-hybridized carbons (Fsp3) is 0.294. The summed E-state index contributed by atoms with van der Waals surface area (Å²) in [6.45, 7) is 2.69. The average molecular weight is 339 g/mol. The molecule has 2 amide bonds. The fourth-order valence-electron chi connectivity index (χ4n) is 3.05. The van der Waals surface area contributed by atoms with Crippen LogP contribution in [0.15, 0.2) is 41.1 Å². The molecule has 0 saturated carbocycles. The predicted octanol–water partition coefficient (Wildman–Crippen LogP) is 1.74. The molecule has 3 aromatic rings. The number of carbonyl (C=O) groups excluding carboxylic acids is 2. The van der Waals surface area contributed by atoms with Gasteiger partial charge in [0.15, 0.2) is 5.82 Å². The Labute approximate surface area is 143 Å². The van der Waals surface area contributed by atoms with Crippen LogP contribution in [0.25, 0.3) is 10.9 Å². The number of hydrogen-bond donors (Lipinski definition) is 1. The number of nitrogens with one attached hydrogen (secondary N) is 1. The second-order valence-electron chi connectivity index (χ2n) is 6.14. The van der Waals surface area contributed by atoms with Crippen molar-refractivity contribution >= 4 is 28.5 Å². The number of carbonyl (C=O) groups is 2. The van der Waals surface area contributed by atoms with Gasteiger partial charge in [-0.05, 0) is 19.4 Å². The lowest BCUT2D eigenvalue weighted by Crippen LogP contribution is -2.38. The van der Waals surface area contributed by atoms with Crippen molar-refractivity contribution in [3.05, 3.63) is 42.3 Å². The molecule has 1 aliphatic rings. The van der Waals surface area contributed by atoms with E-state index in [1.807, 2.05) is 35.1 Å². The van der Waals surface area contributed by atoms with Gasteiger partial charge in [0.2, 0.25) is 0 Å². The number of amides is 2. The van der Waals surface area contributed by atoms with Crippen LogP contribution in [0.4, 0.5) is 5.82 Å². The maximum atomic E-state index is 12.3. The summed E-state index contributed by atoms with van der Waals surface area (Å²) >= 11 is 0. The van der Waals surface area contributed by atoms with Crippen LogP contribution in [0.1, 0.15) is 18.2 Å².